The van der Waals surface area contributed by atoms with Crippen LogP contribution in [0.2, 0.25) is 0 Å². The van der Waals surface area contributed by atoms with Crippen molar-refractivity contribution in [3.05, 3.63) is 40.8 Å². The molecule has 0 saturated heterocycles. The molecule has 0 spiro atoms. The van der Waals surface area contributed by atoms with Crippen LogP contribution in [0.15, 0.2) is 22.7 Å². The van der Waals surface area contributed by atoms with E-state index in [9.17, 15) is 0 Å². The van der Waals surface area contributed by atoms with Crippen molar-refractivity contribution in [3.63, 3.8) is 0 Å². The second kappa shape index (κ2) is 3.99. The number of ether oxygens (including phenoxy) is 2. The minimum atomic E-state index is 0.0412. The molecule has 0 unspecified atom stereocenters. The molecule has 4 rings (SSSR count). The Bertz CT molecular complexity index is 636. The van der Waals surface area contributed by atoms with Gasteiger partial charge in [-0.3, -0.25) is 0 Å². The average Bonchev–Trinajstić information content (AvgIpc) is 3.03. The molecule has 0 bridgehead atoms. The van der Waals surface area contributed by atoms with E-state index >= 15 is 0 Å². The van der Waals surface area contributed by atoms with Crippen molar-refractivity contribution in [3.8, 4) is 11.5 Å². The first-order valence-electron chi connectivity index (χ1n) is 6.40. The molecule has 2 aliphatic rings. The lowest BCUT2D eigenvalue weighted by molar-refractivity contribution is 0.174. The van der Waals surface area contributed by atoms with Gasteiger partial charge in [0, 0.05) is 12.6 Å². The van der Waals surface area contributed by atoms with E-state index in [2.05, 4.69) is 16.5 Å². The fourth-order valence-corrected chi connectivity index (χ4v) is 2.72. The molecule has 5 heteroatoms. The van der Waals surface area contributed by atoms with Gasteiger partial charge in [0.1, 0.15) is 0 Å². The van der Waals surface area contributed by atoms with E-state index in [1.165, 1.54) is 11.1 Å². The summed E-state index contributed by atoms with van der Waals surface area (Å²) < 4.78 is 16.3. The zero-order chi connectivity index (χ0) is 12.8. The van der Waals surface area contributed by atoms with Crippen LogP contribution >= 0.6 is 0 Å². The summed E-state index contributed by atoms with van der Waals surface area (Å²) in [6, 6.07) is 6.14. The summed E-state index contributed by atoms with van der Waals surface area (Å²) in [7, 11) is 0. The number of nitrogens with one attached hydrogen (secondary N) is 1. The first kappa shape index (κ1) is 10.9. The highest BCUT2D eigenvalue weighted by Gasteiger charge is 2.28. The van der Waals surface area contributed by atoms with Crippen LogP contribution in [0.4, 0.5) is 0 Å². The molecule has 0 amide bonds. The third-order valence-electron chi connectivity index (χ3n) is 3.62. The Morgan fingerprint density at radius 3 is 2.84 bits per heavy atom. The molecular formula is C14H14N2O3. The van der Waals surface area contributed by atoms with E-state index in [0.29, 0.717) is 6.79 Å². The molecule has 98 valence electrons. The third-order valence-corrected chi connectivity index (χ3v) is 3.62. The van der Waals surface area contributed by atoms with Gasteiger partial charge in [0.2, 0.25) is 6.79 Å². The molecule has 5 nitrogen and oxygen atoms in total. The average molecular weight is 258 g/mol. The van der Waals surface area contributed by atoms with Crippen molar-refractivity contribution in [2.75, 3.05) is 13.3 Å². The van der Waals surface area contributed by atoms with Gasteiger partial charge in [0.05, 0.1) is 11.7 Å². The Hall–Kier alpha value is -2.01. The van der Waals surface area contributed by atoms with Crippen LogP contribution in [-0.4, -0.2) is 18.5 Å². The molecule has 1 N–H and O–H groups in total. The van der Waals surface area contributed by atoms with Crippen LogP contribution in [-0.2, 0) is 6.42 Å². The molecular weight excluding hydrogens is 244 g/mol. The summed E-state index contributed by atoms with van der Waals surface area (Å²) >= 11 is 0. The highest BCUT2D eigenvalue weighted by Crippen LogP contribution is 2.39. The minimum absolute atomic E-state index is 0.0412. The first-order chi connectivity index (χ1) is 9.31. The van der Waals surface area contributed by atoms with E-state index in [1.54, 1.807) is 0 Å². The van der Waals surface area contributed by atoms with Crippen LogP contribution in [0.3, 0.4) is 0 Å². The van der Waals surface area contributed by atoms with Gasteiger partial charge in [-0.05, 0) is 36.6 Å². The van der Waals surface area contributed by atoms with Gasteiger partial charge in [-0.2, -0.15) is 0 Å². The largest absolute Gasteiger partial charge is 0.454 e. The molecule has 19 heavy (non-hydrogen) atoms. The van der Waals surface area contributed by atoms with Crippen LogP contribution in [0.25, 0.3) is 0 Å². The maximum atomic E-state index is 5.46. The highest BCUT2D eigenvalue weighted by atomic mass is 16.7. The van der Waals surface area contributed by atoms with Crippen molar-refractivity contribution >= 4 is 0 Å². The van der Waals surface area contributed by atoms with Gasteiger partial charge in [-0.1, -0.05) is 5.16 Å². The number of aryl methyl sites for hydroxylation is 1. The molecule has 1 atom stereocenters. The zero-order valence-corrected chi connectivity index (χ0v) is 10.6. The Morgan fingerprint density at radius 1 is 1.21 bits per heavy atom. The van der Waals surface area contributed by atoms with Gasteiger partial charge in [0.15, 0.2) is 17.3 Å². The van der Waals surface area contributed by atoms with Gasteiger partial charge >= 0.3 is 0 Å². The lowest BCUT2D eigenvalue weighted by Crippen LogP contribution is -2.30. The van der Waals surface area contributed by atoms with Gasteiger partial charge in [-0.25, -0.2) is 0 Å². The van der Waals surface area contributed by atoms with Crippen molar-refractivity contribution < 1.29 is 14.0 Å². The Balaban J connectivity index is 1.82. The van der Waals surface area contributed by atoms with E-state index < -0.39 is 0 Å². The van der Waals surface area contributed by atoms with Crippen molar-refractivity contribution in [2.45, 2.75) is 19.4 Å². The van der Waals surface area contributed by atoms with Crippen LogP contribution in [0.1, 0.15) is 28.6 Å². The fraction of sp³-hybridized carbons (Fsp3) is 0.357. The Labute approximate surface area is 110 Å². The SMILES string of the molecule is Cc1cc([C@H]2NCCc3cc4c(cc32)OCO4)on1. The molecule has 3 heterocycles. The quantitative estimate of drug-likeness (QED) is 0.847. The number of rotatable bonds is 1. The van der Waals surface area contributed by atoms with Gasteiger partial charge in [0.25, 0.3) is 0 Å². The van der Waals surface area contributed by atoms with Crippen molar-refractivity contribution in [2.24, 2.45) is 0 Å². The molecule has 1 aromatic carbocycles. The number of nitrogens with zero attached hydrogens (tertiary/aromatic N) is 1. The number of hydrogen-bond acceptors (Lipinski definition) is 5. The van der Waals surface area contributed by atoms with Crippen molar-refractivity contribution in [1.82, 2.24) is 10.5 Å². The topological polar surface area (TPSA) is 56.5 Å². The second-order valence-corrected chi connectivity index (χ2v) is 4.91. The summed E-state index contributed by atoms with van der Waals surface area (Å²) in [5.74, 6) is 2.49. The van der Waals surface area contributed by atoms with Crippen LogP contribution in [0.5, 0.6) is 11.5 Å². The molecule has 2 aliphatic heterocycles. The molecule has 0 aliphatic carbocycles. The number of benzene rings is 1. The highest BCUT2D eigenvalue weighted by molar-refractivity contribution is 5.51. The first-order valence-corrected chi connectivity index (χ1v) is 6.40. The van der Waals surface area contributed by atoms with E-state index in [-0.39, 0.29) is 6.04 Å². The summed E-state index contributed by atoms with van der Waals surface area (Å²) in [4.78, 5) is 0. The van der Waals surface area contributed by atoms with Crippen molar-refractivity contribution in [1.29, 1.82) is 0 Å². The number of fused-ring (bicyclic) bond motifs is 2. The number of hydrogen-bond donors (Lipinski definition) is 1. The number of aromatic nitrogens is 1. The predicted molar refractivity (Wildman–Crippen MR) is 67.4 cm³/mol. The molecule has 0 saturated carbocycles. The minimum Gasteiger partial charge on any atom is -0.454 e. The van der Waals surface area contributed by atoms with Gasteiger partial charge < -0.3 is 19.3 Å². The predicted octanol–water partition coefficient (Wildman–Crippen LogP) is 1.95. The summed E-state index contributed by atoms with van der Waals surface area (Å²) in [6.07, 6.45) is 0.982. The summed E-state index contributed by atoms with van der Waals surface area (Å²) in [5, 5.41) is 7.43. The standard InChI is InChI=1S/C14H14N2O3/c1-8-4-13(19-16-8)14-10-6-12-11(17-7-18-12)5-9(10)2-3-15-14/h4-6,14-15H,2-3,7H2,1H3/t14-/m0/s1. The van der Waals surface area contributed by atoms with Crippen LogP contribution < -0.4 is 14.8 Å². The molecule has 2 aromatic rings. The lowest BCUT2D eigenvalue weighted by Gasteiger charge is -2.25. The molecule has 0 radical (unpaired) electrons. The van der Waals surface area contributed by atoms with Crippen LogP contribution in [0, 0.1) is 6.92 Å². The maximum Gasteiger partial charge on any atom is 0.231 e. The van der Waals surface area contributed by atoms with Gasteiger partial charge in [-0.15, -0.1) is 0 Å². The summed E-state index contributed by atoms with van der Waals surface area (Å²) in [5.41, 5.74) is 3.36. The van der Waals surface area contributed by atoms with E-state index in [0.717, 1.165) is 35.9 Å². The summed E-state index contributed by atoms with van der Waals surface area (Å²) in [6.45, 7) is 3.14. The lowest BCUT2D eigenvalue weighted by atomic mass is 9.92. The van der Waals surface area contributed by atoms with E-state index in [1.807, 2.05) is 19.1 Å². The monoisotopic (exact) mass is 258 g/mol. The molecule has 0 fully saturated rings. The Morgan fingerprint density at radius 2 is 2.05 bits per heavy atom. The maximum absolute atomic E-state index is 5.46. The normalized spacial score (nSPS) is 20.4. The second-order valence-electron chi connectivity index (χ2n) is 4.91. The molecule has 1 aromatic heterocycles. The third kappa shape index (κ3) is 1.69. The van der Waals surface area contributed by atoms with E-state index in [4.69, 9.17) is 14.0 Å². The zero-order valence-electron chi connectivity index (χ0n) is 10.6. The smallest absolute Gasteiger partial charge is 0.231 e. The fourth-order valence-electron chi connectivity index (χ4n) is 2.72. The Kier molecular flexibility index (Phi) is 2.29.